The summed E-state index contributed by atoms with van der Waals surface area (Å²) in [5.74, 6) is 0.217. The van der Waals surface area contributed by atoms with Crippen LogP contribution in [0.25, 0.3) is 0 Å². The minimum atomic E-state index is -3.69. The number of carbonyl (C=O) groups excluding carboxylic acids is 1. The molecule has 20 heavy (non-hydrogen) atoms. The van der Waals surface area contributed by atoms with E-state index in [1.807, 2.05) is 0 Å². The summed E-state index contributed by atoms with van der Waals surface area (Å²) in [7, 11) is -0.584. The van der Waals surface area contributed by atoms with Crippen molar-refractivity contribution in [3.63, 3.8) is 0 Å². The number of methoxy groups -OCH3 is 1. The summed E-state index contributed by atoms with van der Waals surface area (Å²) < 4.78 is 32.1. The number of benzene rings is 1. The Morgan fingerprint density at radius 3 is 2.40 bits per heavy atom. The highest BCUT2D eigenvalue weighted by molar-refractivity contribution is 7.89. The summed E-state index contributed by atoms with van der Waals surface area (Å²) in [6.07, 6.45) is 0. The lowest BCUT2D eigenvalue weighted by Crippen LogP contribution is -2.30. The van der Waals surface area contributed by atoms with Crippen LogP contribution in [-0.4, -0.2) is 53.1 Å². The second-order valence-electron chi connectivity index (χ2n) is 4.18. The van der Waals surface area contributed by atoms with Crippen LogP contribution in [0.15, 0.2) is 29.2 Å². The van der Waals surface area contributed by atoms with E-state index < -0.39 is 10.0 Å². The minimum absolute atomic E-state index is 0.0349. The largest absolute Gasteiger partial charge is 0.492 e. The molecule has 1 rings (SSSR count). The van der Waals surface area contributed by atoms with Crippen molar-refractivity contribution in [2.24, 2.45) is 5.14 Å². The van der Waals surface area contributed by atoms with Crippen LogP contribution in [0, 0.1) is 0 Å². The molecule has 0 aliphatic rings. The monoisotopic (exact) mass is 302 g/mol. The highest BCUT2D eigenvalue weighted by Gasteiger charge is 2.08. The fourth-order valence-corrected chi connectivity index (χ4v) is 1.92. The molecular weight excluding hydrogens is 284 g/mol. The van der Waals surface area contributed by atoms with Crippen molar-refractivity contribution < 1.29 is 22.7 Å². The SMILES string of the molecule is COC(=O)CN(C)CCOc1ccc(S(N)(=O)=O)cc1. The Morgan fingerprint density at radius 1 is 1.30 bits per heavy atom. The van der Waals surface area contributed by atoms with Gasteiger partial charge in [-0.2, -0.15) is 0 Å². The number of hydrogen-bond donors (Lipinski definition) is 1. The van der Waals surface area contributed by atoms with E-state index in [2.05, 4.69) is 4.74 Å². The Bertz CT molecular complexity index is 541. The smallest absolute Gasteiger partial charge is 0.319 e. The quantitative estimate of drug-likeness (QED) is 0.701. The first kappa shape index (κ1) is 16.4. The fraction of sp³-hybridized carbons (Fsp3) is 0.417. The number of nitrogens with two attached hydrogens (primary N) is 1. The molecule has 0 unspecified atom stereocenters. The number of nitrogens with zero attached hydrogens (tertiary/aromatic N) is 1. The fourth-order valence-electron chi connectivity index (χ4n) is 1.41. The molecule has 0 amide bonds. The maximum atomic E-state index is 11.1. The van der Waals surface area contributed by atoms with Crippen molar-refractivity contribution in [3.05, 3.63) is 24.3 Å². The van der Waals surface area contributed by atoms with Gasteiger partial charge in [0.15, 0.2) is 0 Å². The van der Waals surface area contributed by atoms with Gasteiger partial charge >= 0.3 is 5.97 Å². The molecule has 0 spiro atoms. The van der Waals surface area contributed by atoms with Gasteiger partial charge in [0.1, 0.15) is 12.4 Å². The van der Waals surface area contributed by atoms with Gasteiger partial charge in [-0.05, 0) is 31.3 Å². The van der Waals surface area contributed by atoms with Gasteiger partial charge in [0.25, 0.3) is 0 Å². The molecule has 0 atom stereocenters. The van der Waals surface area contributed by atoms with Crippen molar-refractivity contribution in [2.75, 3.05) is 33.9 Å². The molecular formula is C12H18N2O5S. The van der Waals surface area contributed by atoms with Crippen LogP contribution < -0.4 is 9.88 Å². The zero-order valence-corrected chi connectivity index (χ0v) is 12.2. The zero-order valence-electron chi connectivity index (χ0n) is 11.4. The Balaban J connectivity index is 2.41. The van der Waals surface area contributed by atoms with E-state index >= 15 is 0 Å². The number of rotatable bonds is 7. The molecule has 0 aliphatic carbocycles. The van der Waals surface area contributed by atoms with E-state index in [9.17, 15) is 13.2 Å². The van der Waals surface area contributed by atoms with Gasteiger partial charge in [-0.1, -0.05) is 0 Å². The zero-order chi connectivity index (χ0) is 15.2. The third kappa shape index (κ3) is 5.55. The van der Waals surface area contributed by atoms with Crippen molar-refractivity contribution in [1.82, 2.24) is 4.90 Å². The van der Waals surface area contributed by atoms with Crippen molar-refractivity contribution in [2.45, 2.75) is 4.90 Å². The predicted molar refractivity (Wildman–Crippen MR) is 72.8 cm³/mol. The molecule has 8 heteroatoms. The van der Waals surface area contributed by atoms with E-state index in [1.165, 1.54) is 31.4 Å². The third-order valence-corrected chi connectivity index (χ3v) is 3.45. The van der Waals surface area contributed by atoms with Crippen LogP contribution in [-0.2, 0) is 19.6 Å². The number of hydrogen-bond acceptors (Lipinski definition) is 6. The van der Waals surface area contributed by atoms with E-state index in [1.54, 1.807) is 11.9 Å². The number of carbonyl (C=O) groups is 1. The molecule has 0 aromatic heterocycles. The standard InChI is InChI=1S/C12H18N2O5S/c1-14(9-12(15)18-2)7-8-19-10-3-5-11(6-4-10)20(13,16)17/h3-6H,7-9H2,1-2H3,(H2,13,16,17). The van der Waals surface area contributed by atoms with E-state index in [4.69, 9.17) is 9.88 Å². The lowest BCUT2D eigenvalue weighted by molar-refractivity contribution is -0.141. The topological polar surface area (TPSA) is 98.9 Å². The molecule has 112 valence electrons. The van der Waals surface area contributed by atoms with Crippen LogP contribution in [0.4, 0.5) is 0 Å². The molecule has 2 N–H and O–H groups in total. The number of sulfonamides is 1. The van der Waals surface area contributed by atoms with Gasteiger partial charge in [-0.15, -0.1) is 0 Å². The number of primary sulfonamides is 1. The van der Waals surface area contributed by atoms with Crippen molar-refractivity contribution in [3.8, 4) is 5.75 Å². The van der Waals surface area contributed by atoms with Crippen molar-refractivity contribution >= 4 is 16.0 Å². The average Bonchev–Trinajstić information content (AvgIpc) is 2.38. The molecule has 0 saturated heterocycles. The van der Waals surface area contributed by atoms with E-state index in [-0.39, 0.29) is 17.4 Å². The first-order valence-corrected chi connectivity index (χ1v) is 7.38. The molecule has 1 aromatic rings. The Labute approximate surface area is 118 Å². The molecule has 0 fully saturated rings. The Morgan fingerprint density at radius 2 is 1.90 bits per heavy atom. The summed E-state index contributed by atoms with van der Waals surface area (Å²) in [5.41, 5.74) is 0. The first-order chi connectivity index (χ1) is 9.32. The van der Waals surface area contributed by atoms with Crippen LogP contribution in [0.1, 0.15) is 0 Å². The van der Waals surface area contributed by atoms with Gasteiger partial charge < -0.3 is 9.47 Å². The highest BCUT2D eigenvalue weighted by Crippen LogP contribution is 2.14. The van der Waals surface area contributed by atoms with Crippen molar-refractivity contribution in [1.29, 1.82) is 0 Å². The lowest BCUT2D eigenvalue weighted by atomic mass is 10.3. The minimum Gasteiger partial charge on any atom is -0.492 e. The molecule has 0 aliphatic heterocycles. The van der Waals surface area contributed by atoms with Gasteiger partial charge in [0.2, 0.25) is 10.0 Å². The Kier molecular flexibility index (Phi) is 5.93. The second-order valence-corrected chi connectivity index (χ2v) is 5.74. The summed E-state index contributed by atoms with van der Waals surface area (Å²) in [5, 5.41) is 4.99. The Hall–Kier alpha value is -1.64. The average molecular weight is 302 g/mol. The first-order valence-electron chi connectivity index (χ1n) is 5.84. The maximum Gasteiger partial charge on any atom is 0.319 e. The summed E-state index contributed by atoms with van der Waals surface area (Å²) >= 11 is 0. The van der Waals surface area contributed by atoms with Gasteiger partial charge in [-0.3, -0.25) is 9.69 Å². The van der Waals surface area contributed by atoms with E-state index in [0.29, 0.717) is 18.9 Å². The second kappa shape index (κ2) is 7.22. The van der Waals surface area contributed by atoms with Gasteiger partial charge in [0, 0.05) is 6.54 Å². The van der Waals surface area contributed by atoms with Crippen LogP contribution in [0.3, 0.4) is 0 Å². The number of ether oxygens (including phenoxy) is 2. The molecule has 0 bridgehead atoms. The highest BCUT2D eigenvalue weighted by atomic mass is 32.2. The molecule has 7 nitrogen and oxygen atoms in total. The predicted octanol–water partition coefficient (Wildman–Crippen LogP) is -0.182. The summed E-state index contributed by atoms with van der Waals surface area (Å²) in [6.45, 7) is 1.08. The number of likely N-dealkylation sites (N-methyl/N-ethyl adjacent to an activating group) is 1. The molecule has 0 saturated carbocycles. The normalized spacial score (nSPS) is 11.4. The molecule has 0 radical (unpaired) electrons. The summed E-state index contributed by atoms with van der Waals surface area (Å²) in [4.78, 5) is 12.8. The molecule has 0 heterocycles. The third-order valence-electron chi connectivity index (χ3n) is 2.52. The lowest BCUT2D eigenvalue weighted by Gasteiger charge is -2.15. The van der Waals surface area contributed by atoms with Crippen LogP contribution in [0.2, 0.25) is 0 Å². The van der Waals surface area contributed by atoms with Gasteiger partial charge in [0.05, 0.1) is 18.6 Å². The maximum absolute atomic E-state index is 11.1. The van der Waals surface area contributed by atoms with Crippen LogP contribution in [0.5, 0.6) is 5.75 Å². The number of esters is 1. The molecule has 1 aromatic carbocycles. The van der Waals surface area contributed by atoms with E-state index in [0.717, 1.165) is 0 Å². The van der Waals surface area contributed by atoms with Gasteiger partial charge in [-0.25, -0.2) is 13.6 Å². The van der Waals surface area contributed by atoms with Crippen LogP contribution >= 0.6 is 0 Å². The summed E-state index contributed by atoms with van der Waals surface area (Å²) in [6, 6.07) is 5.81.